The van der Waals surface area contributed by atoms with Gasteiger partial charge in [0.1, 0.15) is 0 Å². The Bertz CT molecular complexity index is 639. The Morgan fingerprint density at radius 2 is 1.68 bits per heavy atom. The second-order valence-corrected chi connectivity index (χ2v) is 7.96. The summed E-state index contributed by atoms with van der Waals surface area (Å²) in [5.41, 5.74) is 1.40. The first-order valence-corrected chi connectivity index (χ1v) is 11.9. The van der Waals surface area contributed by atoms with Crippen LogP contribution in [0, 0.1) is 0 Å². The molecule has 1 aliphatic rings. The van der Waals surface area contributed by atoms with Crippen LogP contribution < -0.4 is 10.6 Å². The van der Waals surface area contributed by atoms with Gasteiger partial charge < -0.3 is 20.4 Å². The maximum Gasteiger partial charge on any atom is 0.224 e. The van der Waals surface area contributed by atoms with Crippen LogP contribution >= 0.6 is 0 Å². The molecule has 0 atom stereocenters. The minimum atomic E-state index is 0.194. The van der Waals surface area contributed by atoms with Gasteiger partial charge in [0.25, 0.3) is 0 Å². The highest BCUT2D eigenvalue weighted by Crippen LogP contribution is 2.08. The largest absolute Gasteiger partial charge is 0.357 e. The first-order valence-electron chi connectivity index (χ1n) is 11.9. The van der Waals surface area contributed by atoms with E-state index in [4.69, 9.17) is 0 Å². The molecule has 0 radical (unpaired) electrons. The molecular formula is C24H42N6O. The summed E-state index contributed by atoms with van der Waals surface area (Å²) in [5.74, 6) is 1.00. The Hall–Kier alpha value is -2.12. The molecular weight excluding hydrogens is 388 g/mol. The number of hydrogen-bond acceptors (Lipinski definition) is 4. The summed E-state index contributed by atoms with van der Waals surface area (Å²) < 4.78 is 0. The topological polar surface area (TPSA) is 63.2 Å². The first-order chi connectivity index (χ1) is 15.2. The van der Waals surface area contributed by atoms with Crippen LogP contribution in [0.25, 0.3) is 0 Å². The highest BCUT2D eigenvalue weighted by molar-refractivity contribution is 5.81. The second kappa shape index (κ2) is 14.8. The summed E-state index contributed by atoms with van der Waals surface area (Å²) in [6.45, 7) is 16.5. The number of benzene rings is 1. The molecule has 2 rings (SSSR count). The third-order valence-electron chi connectivity index (χ3n) is 5.71. The van der Waals surface area contributed by atoms with Crippen LogP contribution in [0.15, 0.2) is 35.3 Å². The molecule has 7 nitrogen and oxygen atoms in total. The van der Waals surface area contributed by atoms with Crippen LogP contribution in [0.2, 0.25) is 0 Å². The standard InChI is InChI=1S/C24H42N6O/c1-4-25-24(27-15-13-23(31)30(5-2)6-3)26-14-10-16-28-17-19-29(20-18-28)21-22-11-8-7-9-12-22/h7-9,11-12H,4-6,10,13-21H2,1-3H3,(H2,25,26,27). The van der Waals surface area contributed by atoms with E-state index in [9.17, 15) is 4.79 Å². The van der Waals surface area contributed by atoms with E-state index in [2.05, 4.69) is 62.7 Å². The Labute approximate surface area is 188 Å². The number of aliphatic imine (C=N–C) groups is 1. The lowest BCUT2D eigenvalue weighted by Crippen LogP contribution is -2.46. The molecule has 0 saturated carbocycles. The maximum absolute atomic E-state index is 12.1. The predicted octanol–water partition coefficient (Wildman–Crippen LogP) is 2.01. The summed E-state index contributed by atoms with van der Waals surface area (Å²) in [6.07, 6.45) is 1.55. The molecule has 1 fully saturated rings. The van der Waals surface area contributed by atoms with E-state index in [1.807, 2.05) is 18.7 Å². The van der Waals surface area contributed by atoms with Gasteiger partial charge in [-0.1, -0.05) is 30.3 Å². The molecule has 0 aliphatic carbocycles. The van der Waals surface area contributed by atoms with Gasteiger partial charge in [0.2, 0.25) is 5.91 Å². The molecule has 0 spiro atoms. The second-order valence-electron chi connectivity index (χ2n) is 7.96. The van der Waals surface area contributed by atoms with Crippen molar-refractivity contribution in [2.45, 2.75) is 40.2 Å². The fourth-order valence-electron chi connectivity index (χ4n) is 3.86. The molecule has 0 aromatic heterocycles. The molecule has 1 aromatic carbocycles. The lowest BCUT2D eigenvalue weighted by Gasteiger charge is -2.34. The number of carbonyl (C=O) groups is 1. The van der Waals surface area contributed by atoms with Crippen LogP contribution in [0.3, 0.4) is 0 Å². The van der Waals surface area contributed by atoms with Crippen molar-refractivity contribution in [2.75, 3.05) is 65.4 Å². The molecule has 1 heterocycles. The van der Waals surface area contributed by atoms with E-state index in [0.717, 1.165) is 77.8 Å². The molecule has 0 unspecified atom stereocenters. The number of amides is 1. The van der Waals surface area contributed by atoms with Gasteiger partial charge in [-0.05, 0) is 32.8 Å². The van der Waals surface area contributed by atoms with Crippen LogP contribution in [-0.4, -0.2) is 92.0 Å². The van der Waals surface area contributed by atoms with Crippen molar-refractivity contribution in [1.29, 1.82) is 0 Å². The van der Waals surface area contributed by atoms with Gasteiger partial charge in [-0.15, -0.1) is 0 Å². The number of rotatable bonds is 12. The molecule has 2 N–H and O–H groups in total. The van der Waals surface area contributed by atoms with Crippen LogP contribution in [0.4, 0.5) is 0 Å². The Morgan fingerprint density at radius 1 is 1.00 bits per heavy atom. The summed E-state index contributed by atoms with van der Waals surface area (Å²) >= 11 is 0. The SMILES string of the molecule is CCNC(=NCCCN1CCN(Cc2ccccc2)CC1)NCCC(=O)N(CC)CC. The van der Waals surface area contributed by atoms with Gasteiger partial charge in [-0.3, -0.25) is 14.7 Å². The number of carbonyl (C=O) groups excluding carboxylic acids is 1. The molecule has 174 valence electrons. The van der Waals surface area contributed by atoms with E-state index in [1.165, 1.54) is 5.56 Å². The van der Waals surface area contributed by atoms with Gasteiger partial charge in [0.15, 0.2) is 5.96 Å². The quantitative estimate of drug-likeness (QED) is 0.302. The zero-order valence-corrected chi connectivity index (χ0v) is 19.8. The van der Waals surface area contributed by atoms with Crippen molar-refractivity contribution >= 4 is 11.9 Å². The van der Waals surface area contributed by atoms with Crippen LogP contribution in [-0.2, 0) is 11.3 Å². The van der Waals surface area contributed by atoms with E-state index in [1.54, 1.807) is 0 Å². The average Bonchev–Trinajstić information content (AvgIpc) is 2.79. The predicted molar refractivity (Wildman–Crippen MR) is 129 cm³/mol. The van der Waals surface area contributed by atoms with E-state index < -0.39 is 0 Å². The smallest absolute Gasteiger partial charge is 0.224 e. The van der Waals surface area contributed by atoms with Gasteiger partial charge >= 0.3 is 0 Å². The van der Waals surface area contributed by atoms with E-state index in [-0.39, 0.29) is 5.91 Å². The molecule has 1 aromatic rings. The van der Waals surface area contributed by atoms with Gasteiger partial charge in [-0.2, -0.15) is 0 Å². The minimum Gasteiger partial charge on any atom is -0.357 e. The van der Waals surface area contributed by atoms with Crippen molar-refractivity contribution in [1.82, 2.24) is 25.3 Å². The highest BCUT2D eigenvalue weighted by atomic mass is 16.2. The van der Waals surface area contributed by atoms with Gasteiger partial charge in [0.05, 0.1) is 0 Å². The van der Waals surface area contributed by atoms with E-state index in [0.29, 0.717) is 13.0 Å². The molecule has 31 heavy (non-hydrogen) atoms. The number of hydrogen-bond donors (Lipinski definition) is 2. The number of nitrogens with zero attached hydrogens (tertiary/aromatic N) is 4. The molecule has 1 aliphatic heterocycles. The maximum atomic E-state index is 12.1. The van der Waals surface area contributed by atoms with Crippen molar-refractivity contribution in [3.8, 4) is 0 Å². The number of nitrogens with one attached hydrogen (secondary N) is 2. The summed E-state index contributed by atoms with van der Waals surface area (Å²) in [7, 11) is 0. The zero-order chi connectivity index (χ0) is 22.3. The highest BCUT2D eigenvalue weighted by Gasteiger charge is 2.16. The van der Waals surface area contributed by atoms with E-state index >= 15 is 0 Å². The summed E-state index contributed by atoms with van der Waals surface area (Å²) in [5, 5.41) is 6.57. The van der Waals surface area contributed by atoms with Gasteiger partial charge in [-0.25, -0.2) is 0 Å². The molecule has 0 bridgehead atoms. The molecule has 1 amide bonds. The normalized spacial score (nSPS) is 15.6. The molecule has 1 saturated heterocycles. The monoisotopic (exact) mass is 430 g/mol. The Balaban J connectivity index is 1.62. The number of guanidine groups is 1. The third kappa shape index (κ3) is 9.70. The van der Waals surface area contributed by atoms with Crippen LogP contribution in [0.1, 0.15) is 39.2 Å². The lowest BCUT2D eigenvalue weighted by molar-refractivity contribution is -0.130. The van der Waals surface area contributed by atoms with Crippen molar-refractivity contribution in [3.05, 3.63) is 35.9 Å². The first kappa shape index (κ1) is 25.1. The molecule has 7 heteroatoms. The van der Waals surface area contributed by atoms with Crippen molar-refractivity contribution < 1.29 is 4.79 Å². The van der Waals surface area contributed by atoms with Crippen molar-refractivity contribution in [3.63, 3.8) is 0 Å². The fourth-order valence-corrected chi connectivity index (χ4v) is 3.86. The van der Waals surface area contributed by atoms with Crippen LogP contribution in [0.5, 0.6) is 0 Å². The average molecular weight is 431 g/mol. The zero-order valence-electron chi connectivity index (χ0n) is 19.8. The summed E-state index contributed by atoms with van der Waals surface area (Å²) in [4.78, 5) is 23.8. The summed E-state index contributed by atoms with van der Waals surface area (Å²) in [6, 6.07) is 10.7. The Kier molecular flexibility index (Phi) is 12.0. The Morgan fingerprint density at radius 3 is 2.32 bits per heavy atom. The number of piperazine rings is 1. The fraction of sp³-hybridized carbons (Fsp3) is 0.667. The minimum absolute atomic E-state index is 0.194. The third-order valence-corrected chi connectivity index (χ3v) is 5.71. The van der Waals surface area contributed by atoms with Crippen molar-refractivity contribution in [2.24, 2.45) is 4.99 Å². The lowest BCUT2D eigenvalue weighted by atomic mass is 10.2. The van der Waals surface area contributed by atoms with Gasteiger partial charge in [0, 0.05) is 78.4 Å².